The number of methoxy groups -OCH3 is 1. The number of aromatic nitrogens is 3. The van der Waals surface area contributed by atoms with Crippen molar-refractivity contribution in [1.82, 2.24) is 19.7 Å². The first kappa shape index (κ1) is 22.8. The van der Waals surface area contributed by atoms with Gasteiger partial charge in [0.2, 0.25) is 5.91 Å². The number of ether oxygens (including phenoxy) is 1. The molecule has 1 aliphatic heterocycles. The van der Waals surface area contributed by atoms with Crippen molar-refractivity contribution in [3.63, 3.8) is 0 Å². The SMILES string of the molecule is COc1cn(-c2cccc(C(F)(F)F)c2)nc1C(=O)N1CCCC(C(=O)Nc2nccs2)C1. The van der Waals surface area contributed by atoms with E-state index in [4.69, 9.17) is 4.74 Å². The number of amides is 2. The number of hydrogen-bond donors (Lipinski definition) is 1. The lowest BCUT2D eigenvalue weighted by molar-refractivity contribution is -0.137. The molecule has 1 aliphatic rings. The Balaban J connectivity index is 1.53. The highest BCUT2D eigenvalue weighted by molar-refractivity contribution is 7.13. The van der Waals surface area contributed by atoms with Crippen molar-refractivity contribution in [1.29, 1.82) is 0 Å². The minimum atomic E-state index is -4.51. The van der Waals surface area contributed by atoms with Crippen molar-refractivity contribution in [2.24, 2.45) is 5.92 Å². The fourth-order valence-electron chi connectivity index (χ4n) is 3.63. The van der Waals surface area contributed by atoms with Gasteiger partial charge in [-0.25, -0.2) is 9.67 Å². The summed E-state index contributed by atoms with van der Waals surface area (Å²) in [5.41, 5.74) is -0.718. The van der Waals surface area contributed by atoms with Crippen molar-refractivity contribution in [2.75, 3.05) is 25.5 Å². The molecule has 1 atom stereocenters. The lowest BCUT2D eigenvalue weighted by Gasteiger charge is -2.31. The Hall–Kier alpha value is -3.41. The number of hydrogen-bond acceptors (Lipinski definition) is 6. The minimum Gasteiger partial charge on any atom is -0.493 e. The third-order valence-electron chi connectivity index (χ3n) is 5.28. The molecule has 0 spiro atoms. The molecule has 12 heteroatoms. The van der Waals surface area contributed by atoms with Gasteiger partial charge in [0.15, 0.2) is 16.6 Å². The number of carbonyl (C=O) groups excluding carboxylic acids is 2. The predicted octanol–water partition coefficient (Wildman–Crippen LogP) is 3.85. The van der Waals surface area contributed by atoms with Gasteiger partial charge in [0, 0.05) is 24.7 Å². The zero-order valence-electron chi connectivity index (χ0n) is 17.5. The van der Waals surface area contributed by atoms with E-state index in [0.29, 0.717) is 24.5 Å². The van der Waals surface area contributed by atoms with E-state index in [0.717, 1.165) is 12.1 Å². The molecule has 0 bridgehead atoms. The number of thiazole rings is 1. The molecule has 0 aliphatic carbocycles. The molecule has 2 amide bonds. The van der Waals surface area contributed by atoms with Crippen LogP contribution in [0.15, 0.2) is 42.0 Å². The molecular weight excluding hydrogens is 459 g/mol. The van der Waals surface area contributed by atoms with Crippen molar-refractivity contribution in [3.05, 3.63) is 53.3 Å². The molecule has 2 aromatic heterocycles. The summed E-state index contributed by atoms with van der Waals surface area (Å²) in [7, 11) is 1.35. The number of halogens is 3. The third kappa shape index (κ3) is 5.00. The number of alkyl halides is 3. The molecule has 0 radical (unpaired) electrons. The number of nitrogens with zero attached hydrogens (tertiary/aromatic N) is 4. The van der Waals surface area contributed by atoms with Gasteiger partial charge in [-0.2, -0.15) is 18.3 Å². The van der Waals surface area contributed by atoms with Gasteiger partial charge in [-0.1, -0.05) is 6.07 Å². The van der Waals surface area contributed by atoms with E-state index in [9.17, 15) is 22.8 Å². The second-order valence-electron chi connectivity index (χ2n) is 7.46. The van der Waals surface area contributed by atoms with Crippen molar-refractivity contribution >= 4 is 28.3 Å². The molecule has 1 saturated heterocycles. The number of nitrogens with one attached hydrogen (secondary N) is 1. The second-order valence-corrected chi connectivity index (χ2v) is 8.35. The molecule has 174 valence electrons. The summed E-state index contributed by atoms with van der Waals surface area (Å²) in [5.74, 6) is -0.955. The van der Waals surface area contributed by atoms with Crippen LogP contribution < -0.4 is 10.1 Å². The molecule has 3 aromatic rings. The highest BCUT2D eigenvalue weighted by atomic mass is 32.1. The summed E-state index contributed by atoms with van der Waals surface area (Å²) in [6, 6.07) is 4.63. The topological polar surface area (TPSA) is 89.4 Å². The zero-order valence-corrected chi connectivity index (χ0v) is 18.3. The lowest BCUT2D eigenvalue weighted by Crippen LogP contribution is -2.44. The van der Waals surface area contributed by atoms with Crippen molar-refractivity contribution in [3.8, 4) is 11.4 Å². The van der Waals surface area contributed by atoms with Crippen LogP contribution in [0.5, 0.6) is 5.75 Å². The maximum atomic E-state index is 13.2. The number of piperidine rings is 1. The molecule has 1 fully saturated rings. The van der Waals surface area contributed by atoms with Gasteiger partial charge in [0.05, 0.1) is 30.5 Å². The number of anilines is 1. The Morgan fingerprint density at radius 1 is 1.30 bits per heavy atom. The fourth-order valence-corrected chi connectivity index (χ4v) is 4.16. The van der Waals surface area contributed by atoms with E-state index >= 15 is 0 Å². The van der Waals surface area contributed by atoms with E-state index in [-0.39, 0.29) is 29.6 Å². The molecule has 4 rings (SSSR count). The van der Waals surface area contributed by atoms with Crippen LogP contribution in [-0.4, -0.2) is 51.7 Å². The second kappa shape index (κ2) is 9.22. The summed E-state index contributed by atoms with van der Waals surface area (Å²) in [6.07, 6.45) is -0.313. The standard InChI is InChI=1S/C21H20F3N5O3S/c1-32-16-12-29(15-6-2-5-14(10-15)21(22,23)24)27-17(16)19(31)28-8-3-4-13(11-28)18(30)26-20-25-7-9-33-20/h2,5-7,9-10,12-13H,3-4,8,11H2,1H3,(H,25,26,30). The first-order valence-electron chi connectivity index (χ1n) is 10.1. The third-order valence-corrected chi connectivity index (χ3v) is 5.97. The van der Waals surface area contributed by atoms with Crippen LogP contribution in [0.3, 0.4) is 0 Å². The maximum absolute atomic E-state index is 13.2. The largest absolute Gasteiger partial charge is 0.493 e. The van der Waals surface area contributed by atoms with E-state index in [1.807, 2.05) is 0 Å². The summed E-state index contributed by atoms with van der Waals surface area (Å²) in [6.45, 7) is 0.620. The quantitative estimate of drug-likeness (QED) is 0.601. The summed E-state index contributed by atoms with van der Waals surface area (Å²) in [4.78, 5) is 31.3. The Morgan fingerprint density at radius 3 is 2.82 bits per heavy atom. The van der Waals surface area contributed by atoms with Crippen LogP contribution in [0.2, 0.25) is 0 Å². The molecule has 0 saturated carbocycles. The Bertz CT molecular complexity index is 1150. The minimum absolute atomic E-state index is 0.0316. The van der Waals surface area contributed by atoms with Crippen LogP contribution >= 0.6 is 11.3 Å². The number of likely N-dealkylation sites (tertiary alicyclic amines) is 1. The van der Waals surface area contributed by atoms with Gasteiger partial charge >= 0.3 is 6.18 Å². The Morgan fingerprint density at radius 2 is 2.12 bits per heavy atom. The molecule has 1 aromatic carbocycles. The molecular formula is C21H20F3N5O3S. The van der Waals surface area contributed by atoms with Crippen molar-refractivity contribution in [2.45, 2.75) is 19.0 Å². The number of benzene rings is 1. The summed E-state index contributed by atoms with van der Waals surface area (Å²) in [5, 5.41) is 9.20. The number of carbonyl (C=O) groups is 2. The molecule has 1 unspecified atom stereocenters. The van der Waals surface area contributed by atoms with Gasteiger partial charge in [-0.15, -0.1) is 11.3 Å². The average molecular weight is 479 g/mol. The van der Waals surface area contributed by atoms with E-state index in [1.165, 1.54) is 46.4 Å². The first-order chi connectivity index (χ1) is 15.8. The van der Waals surface area contributed by atoms with Gasteiger partial charge in [0.25, 0.3) is 5.91 Å². The van der Waals surface area contributed by atoms with E-state index in [1.54, 1.807) is 11.6 Å². The van der Waals surface area contributed by atoms with Gasteiger partial charge < -0.3 is 15.0 Å². The fraction of sp³-hybridized carbons (Fsp3) is 0.333. The van der Waals surface area contributed by atoms with Crippen LogP contribution in [-0.2, 0) is 11.0 Å². The molecule has 1 N–H and O–H groups in total. The van der Waals surface area contributed by atoms with Crippen molar-refractivity contribution < 1.29 is 27.5 Å². The highest BCUT2D eigenvalue weighted by Gasteiger charge is 2.33. The predicted molar refractivity (Wildman–Crippen MR) is 114 cm³/mol. The first-order valence-corrected chi connectivity index (χ1v) is 10.9. The molecule has 33 heavy (non-hydrogen) atoms. The lowest BCUT2D eigenvalue weighted by atomic mass is 9.97. The normalized spacial score (nSPS) is 16.5. The van der Waals surface area contributed by atoms with Gasteiger partial charge in [-0.3, -0.25) is 9.59 Å². The van der Waals surface area contributed by atoms with Crippen LogP contribution in [0.25, 0.3) is 5.69 Å². The van der Waals surface area contributed by atoms with Crippen LogP contribution in [0.1, 0.15) is 28.9 Å². The highest BCUT2D eigenvalue weighted by Crippen LogP contribution is 2.31. The zero-order chi connectivity index (χ0) is 23.6. The van der Waals surface area contributed by atoms with E-state index < -0.39 is 23.6 Å². The summed E-state index contributed by atoms with van der Waals surface area (Å²) >= 11 is 1.30. The van der Waals surface area contributed by atoms with Gasteiger partial charge in [-0.05, 0) is 31.0 Å². The van der Waals surface area contributed by atoms with Crippen LogP contribution in [0.4, 0.5) is 18.3 Å². The average Bonchev–Trinajstić information content (AvgIpc) is 3.48. The van der Waals surface area contributed by atoms with Gasteiger partial charge in [0.1, 0.15) is 0 Å². The maximum Gasteiger partial charge on any atom is 0.416 e. The van der Waals surface area contributed by atoms with Crippen LogP contribution in [0, 0.1) is 5.92 Å². The number of rotatable bonds is 5. The molecule has 8 nitrogen and oxygen atoms in total. The Kier molecular flexibility index (Phi) is 6.36. The monoisotopic (exact) mass is 479 g/mol. The Labute approximate surface area is 191 Å². The summed E-state index contributed by atoms with van der Waals surface area (Å²) < 4.78 is 45.7. The smallest absolute Gasteiger partial charge is 0.416 e. The molecule has 3 heterocycles. The van der Waals surface area contributed by atoms with E-state index in [2.05, 4.69) is 15.4 Å².